The first-order valence-electron chi connectivity index (χ1n) is 5.73. The summed E-state index contributed by atoms with van der Waals surface area (Å²) in [4.78, 5) is 0. The summed E-state index contributed by atoms with van der Waals surface area (Å²) >= 11 is 0. The molecule has 0 aliphatic heterocycles. The van der Waals surface area contributed by atoms with Gasteiger partial charge in [-0.1, -0.05) is 42.5 Å². The zero-order valence-corrected chi connectivity index (χ0v) is 10.3. The van der Waals surface area contributed by atoms with Gasteiger partial charge in [-0.05, 0) is 12.1 Å². The van der Waals surface area contributed by atoms with Gasteiger partial charge in [0.15, 0.2) is 0 Å². The Kier molecular flexibility index (Phi) is 3.78. The molecule has 0 fully saturated rings. The van der Waals surface area contributed by atoms with E-state index in [1.807, 2.05) is 42.5 Å². The molecule has 0 amide bonds. The Balaban J connectivity index is 2.45. The number of hydrogen-bond acceptors (Lipinski definition) is 5. The van der Waals surface area contributed by atoms with Crippen molar-refractivity contribution in [3.8, 4) is 0 Å². The fraction of sp³-hybridized carbons (Fsp3) is 0. The molecule has 2 rings (SSSR count). The second-order valence-corrected chi connectivity index (χ2v) is 3.94. The number of nitrogens with zero attached hydrogens (tertiary/aromatic N) is 2. The van der Waals surface area contributed by atoms with Gasteiger partial charge in [0.05, 0.1) is 0 Å². The van der Waals surface area contributed by atoms with E-state index in [2.05, 4.69) is 10.2 Å². The topological polar surface area (TPSA) is 103 Å². The third-order valence-corrected chi connectivity index (χ3v) is 2.71. The van der Waals surface area contributed by atoms with Crippen molar-refractivity contribution < 1.29 is 0 Å². The highest BCUT2D eigenvalue weighted by Gasteiger charge is 2.13. The molecule has 0 radical (unpaired) electrons. The van der Waals surface area contributed by atoms with Crippen LogP contribution in [0.25, 0.3) is 0 Å². The van der Waals surface area contributed by atoms with Crippen molar-refractivity contribution in [1.82, 2.24) is 0 Å². The van der Waals surface area contributed by atoms with E-state index in [1.54, 1.807) is 12.1 Å². The number of anilines is 1. The Labute approximate surface area is 111 Å². The van der Waals surface area contributed by atoms with E-state index in [1.165, 1.54) is 0 Å². The van der Waals surface area contributed by atoms with Crippen molar-refractivity contribution in [1.29, 1.82) is 0 Å². The molecule has 0 bridgehead atoms. The van der Waals surface area contributed by atoms with Crippen LogP contribution in [0, 0.1) is 0 Å². The van der Waals surface area contributed by atoms with E-state index in [0.29, 0.717) is 17.1 Å². The third kappa shape index (κ3) is 2.71. The summed E-state index contributed by atoms with van der Waals surface area (Å²) in [6.45, 7) is 0. The van der Waals surface area contributed by atoms with Gasteiger partial charge in [0.1, 0.15) is 11.4 Å². The lowest BCUT2D eigenvalue weighted by atomic mass is 10.00. The first-order valence-corrected chi connectivity index (χ1v) is 5.73. The number of hydrogen-bond donors (Lipinski definition) is 3. The molecule has 0 saturated heterocycles. The highest BCUT2D eigenvalue weighted by molar-refractivity contribution is 6.53. The van der Waals surface area contributed by atoms with Gasteiger partial charge in [-0.25, -0.2) is 0 Å². The van der Waals surface area contributed by atoms with Gasteiger partial charge in [0, 0.05) is 16.8 Å². The minimum absolute atomic E-state index is 0.522. The summed E-state index contributed by atoms with van der Waals surface area (Å²) in [6.07, 6.45) is 0. The Bertz CT molecular complexity index is 599. The van der Waals surface area contributed by atoms with E-state index in [-0.39, 0.29) is 0 Å². The minimum atomic E-state index is 0.522. The summed E-state index contributed by atoms with van der Waals surface area (Å²) in [5.41, 5.74) is 9.05. The number of nitrogens with two attached hydrogens (primary N) is 3. The molecule has 0 aliphatic rings. The molecule has 0 spiro atoms. The van der Waals surface area contributed by atoms with Crippen molar-refractivity contribution in [3.63, 3.8) is 0 Å². The van der Waals surface area contributed by atoms with Crippen LogP contribution in [0.4, 0.5) is 5.69 Å². The zero-order chi connectivity index (χ0) is 13.7. The SMILES string of the molecule is N/N=C(/C(=N/N)c1ccc(N)cc1)c1ccccc1. The van der Waals surface area contributed by atoms with Crippen LogP contribution < -0.4 is 17.4 Å². The number of hydrazone groups is 2. The fourth-order valence-electron chi connectivity index (χ4n) is 1.78. The maximum atomic E-state index is 5.66. The normalized spacial score (nSPS) is 12.4. The maximum Gasteiger partial charge on any atom is 0.118 e. The van der Waals surface area contributed by atoms with Gasteiger partial charge in [-0.3, -0.25) is 0 Å². The quantitative estimate of drug-likeness (QED) is 0.332. The van der Waals surface area contributed by atoms with Crippen LogP contribution in [-0.2, 0) is 0 Å². The van der Waals surface area contributed by atoms with E-state index in [0.717, 1.165) is 11.1 Å². The third-order valence-electron chi connectivity index (χ3n) is 2.71. The predicted octanol–water partition coefficient (Wildman–Crippen LogP) is 1.29. The summed E-state index contributed by atoms with van der Waals surface area (Å²) in [5, 5.41) is 7.60. The van der Waals surface area contributed by atoms with Crippen LogP contribution in [0.15, 0.2) is 64.8 Å². The molecule has 5 nitrogen and oxygen atoms in total. The lowest BCUT2D eigenvalue weighted by Gasteiger charge is -2.08. The minimum Gasteiger partial charge on any atom is -0.399 e. The summed E-state index contributed by atoms with van der Waals surface area (Å²) in [6, 6.07) is 16.7. The van der Waals surface area contributed by atoms with Gasteiger partial charge in [-0.15, -0.1) is 0 Å². The average Bonchev–Trinajstić information content (AvgIpc) is 2.47. The summed E-state index contributed by atoms with van der Waals surface area (Å²) < 4.78 is 0. The first-order chi connectivity index (χ1) is 9.26. The molecule has 19 heavy (non-hydrogen) atoms. The standard InChI is InChI=1S/C14H15N5/c15-12-8-6-11(7-9-12)14(19-17)13(18-16)10-4-2-1-3-5-10/h1-9H,15-17H2/b18-13+,19-14+. The van der Waals surface area contributed by atoms with Gasteiger partial charge < -0.3 is 17.4 Å². The first kappa shape index (κ1) is 12.6. The van der Waals surface area contributed by atoms with Gasteiger partial charge in [0.2, 0.25) is 0 Å². The Morgan fingerprint density at radius 3 is 1.63 bits per heavy atom. The largest absolute Gasteiger partial charge is 0.399 e. The van der Waals surface area contributed by atoms with Crippen LogP contribution >= 0.6 is 0 Å². The molecule has 2 aromatic rings. The lowest BCUT2D eigenvalue weighted by Crippen LogP contribution is -2.20. The molecule has 0 heterocycles. The second-order valence-electron chi connectivity index (χ2n) is 3.94. The highest BCUT2D eigenvalue weighted by atomic mass is 15.2. The van der Waals surface area contributed by atoms with Gasteiger partial charge in [-0.2, -0.15) is 10.2 Å². The monoisotopic (exact) mass is 253 g/mol. The molecule has 96 valence electrons. The Hall–Kier alpha value is -2.82. The molecular weight excluding hydrogens is 238 g/mol. The van der Waals surface area contributed by atoms with E-state index < -0.39 is 0 Å². The lowest BCUT2D eigenvalue weighted by molar-refractivity contribution is 1.23. The zero-order valence-electron chi connectivity index (χ0n) is 10.3. The van der Waals surface area contributed by atoms with Gasteiger partial charge >= 0.3 is 0 Å². The van der Waals surface area contributed by atoms with E-state index >= 15 is 0 Å². The summed E-state index contributed by atoms with van der Waals surface area (Å²) in [7, 11) is 0. The van der Waals surface area contributed by atoms with E-state index in [9.17, 15) is 0 Å². The number of benzene rings is 2. The van der Waals surface area contributed by atoms with Crippen LogP contribution in [0.3, 0.4) is 0 Å². The van der Waals surface area contributed by atoms with Crippen molar-refractivity contribution in [2.45, 2.75) is 0 Å². The molecule has 5 heteroatoms. The van der Waals surface area contributed by atoms with Crippen LogP contribution in [0.1, 0.15) is 11.1 Å². The number of rotatable bonds is 3. The van der Waals surface area contributed by atoms with Crippen molar-refractivity contribution in [2.75, 3.05) is 5.73 Å². The molecule has 0 saturated carbocycles. The molecule has 0 aromatic heterocycles. The predicted molar refractivity (Wildman–Crippen MR) is 78.7 cm³/mol. The van der Waals surface area contributed by atoms with Crippen LogP contribution in [0.5, 0.6) is 0 Å². The summed E-state index contributed by atoms with van der Waals surface area (Å²) in [5.74, 6) is 11.0. The Morgan fingerprint density at radius 1 is 0.684 bits per heavy atom. The fourth-order valence-corrected chi connectivity index (χ4v) is 1.78. The maximum absolute atomic E-state index is 5.66. The van der Waals surface area contributed by atoms with Crippen LogP contribution in [0.2, 0.25) is 0 Å². The van der Waals surface area contributed by atoms with Gasteiger partial charge in [0.25, 0.3) is 0 Å². The Morgan fingerprint density at radius 2 is 1.16 bits per heavy atom. The molecule has 0 unspecified atom stereocenters. The van der Waals surface area contributed by atoms with Crippen molar-refractivity contribution >= 4 is 17.1 Å². The molecule has 6 N–H and O–H groups in total. The van der Waals surface area contributed by atoms with Crippen molar-refractivity contribution in [3.05, 3.63) is 65.7 Å². The van der Waals surface area contributed by atoms with Crippen LogP contribution in [-0.4, -0.2) is 11.4 Å². The van der Waals surface area contributed by atoms with Crippen molar-refractivity contribution in [2.24, 2.45) is 21.9 Å². The molecular formula is C14H15N5. The highest BCUT2D eigenvalue weighted by Crippen LogP contribution is 2.11. The average molecular weight is 253 g/mol. The molecule has 2 aromatic carbocycles. The molecule has 0 aliphatic carbocycles. The second kappa shape index (κ2) is 5.68. The molecule has 0 atom stereocenters. The number of nitrogen functional groups attached to an aromatic ring is 1. The smallest absolute Gasteiger partial charge is 0.118 e. The van der Waals surface area contributed by atoms with E-state index in [4.69, 9.17) is 17.4 Å².